The van der Waals surface area contributed by atoms with Gasteiger partial charge in [-0.3, -0.25) is 4.72 Å². The molecule has 4 N–H and O–H groups in total. The van der Waals surface area contributed by atoms with Gasteiger partial charge in [-0.05, 0) is 46.9 Å². The van der Waals surface area contributed by atoms with Crippen molar-refractivity contribution in [2.24, 2.45) is 0 Å². The van der Waals surface area contributed by atoms with Crippen molar-refractivity contribution in [2.75, 3.05) is 30.7 Å². The lowest BCUT2D eigenvalue weighted by Gasteiger charge is -2.18. The number of nitrogens with one attached hydrogen (secondary N) is 3. The molecule has 3 aromatic carbocycles. The van der Waals surface area contributed by atoms with E-state index in [4.69, 9.17) is 4.74 Å². The summed E-state index contributed by atoms with van der Waals surface area (Å²) >= 11 is 0. The van der Waals surface area contributed by atoms with E-state index in [1.54, 1.807) is 24.3 Å². The first-order valence-corrected chi connectivity index (χ1v) is 13.5. The highest BCUT2D eigenvalue weighted by atomic mass is 35.5. The average Bonchev–Trinajstić information content (AvgIpc) is 3.14. The number of halogens is 1. The quantitative estimate of drug-likeness (QED) is 0.225. The van der Waals surface area contributed by atoms with Gasteiger partial charge in [0.1, 0.15) is 12.4 Å². The number of hydrogen-bond donors (Lipinski definition) is 4. The number of ether oxygens (including phenoxy) is 1. The molecule has 0 unspecified atom stereocenters. The Labute approximate surface area is 218 Å². The number of hydrogen-bond acceptors (Lipinski definition) is 5. The number of sulfonamides is 1. The van der Waals surface area contributed by atoms with Crippen molar-refractivity contribution in [3.05, 3.63) is 71.8 Å². The molecule has 36 heavy (non-hydrogen) atoms. The van der Waals surface area contributed by atoms with Crippen LogP contribution in [0.25, 0.3) is 21.8 Å². The number of anilines is 1. The fourth-order valence-electron chi connectivity index (χ4n) is 4.07. The Bertz CT molecular complexity index is 1440. The number of aromatic amines is 1. The molecule has 9 heteroatoms. The van der Waals surface area contributed by atoms with Gasteiger partial charge in [-0.2, -0.15) is 0 Å². The second-order valence-corrected chi connectivity index (χ2v) is 11.7. The van der Waals surface area contributed by atoms with Crippen LogP contribution < -0.4 is 14.8 Å². The maximum atomic E-state index is 11.4. The zero-order chi connectivity index (χ0) is 25.2. The SMILES string of the molecule is CC(C)(C)c1ccc2c(c1)[nH]c1cc(OCCNC[C@H](O)c3cccc(NS(C)(=O)=O)c3)ccc12.Cl. The summed E-state index contributed by atoms with van der Waals surface area (Å²) in [6.07, 6.45) is 0.327. The smallest absolute Gasteiger partial charge is 0.229 e. The number of H-pyrrole nitrogens is 1. The van der Waals surface area contributed by atoms with Crippen LogP contribution in [-0.2, 0) is 15.4 Å². The van der Waals surface area contributed by atoms with Crippen LogP contribution in [0.1, 0.15) is 38.0 Å². The van der Waals surface area contributed by atoms with Gasteiger partial charge in [0.2, 0.25) is 10.0 Å². The third-order valence-corrected chi connectivity index (χ3v) is 6.50. The summed E-state index contributed by atoms with van der Waals surface area (Å²) in [6.45, 7) is 7.96. The van der Waals surface area contributed by atoms with Crippen molar-refractivity contribution < 1.29 is 18.3 Å². The number of aliphatic hydroxyl groups is 1. The molecule has 4 rings (SSSR count). The van der Waals surface area contributed by atoms with Gasteiger partial charge in [-0.1, -0.05) is 45.0 Å². The molecule has 1 heterocycles. The third kappa shape index (κ3) is 6.91. The van der Waals surface area contributed by atoms with E-state index < -0.39 is 16.1 Å². The maximum Gasteiger partial charge on any atom is 0.229 e. The molecule has 0 saturated carbocycles. The van der Waals surface area contributed by atoms with Gasteiger partial charge in [-0.15, -0.1) is 12.4 Å². The molecular weight excluding hydrogens is 498 g/mol. The van der Waals surface area contributed by atoms with Gasteiger partial charge in [0.25, 0.3) is 0 Å². The third-order valence-electron chi connectivity index (χ3n) is 5.90. The second-order valence-electron chi connectivity index (χ2n) is 9.91. The minimum atomic E-state index is -3.37. The molecular formula is C27H34ClN3O4S. The largest absolute Gasteiger partial charge is 0.492 e. The molecule has 0 bridgehead atoms. The second kappa shape index (κ2) is 11.1. The molecule has 1 atom stereocenters. The number of benzene rings is 3. The number of aromatic nitrogens is 1. The molecule has 7 nitrogen and oxygen atoms in total. The van der Waals surface area contributed by atoms with Crippen LogP contribution in [-0.4, -0.2) is 44.5 Å². The van der Waals surface area contributed by atoms with Gasteiger partial charge < -0.3 is 20.1 Å². The Morgan fingerprint density at radius 1 is 1.00 bits per heavy atom. The maximum absolute atomic E-state index is 11.4. The van der Waals surface area contributed by atoms with Gasteiger partial charge in [0.05, 0.1) is 17.9 Å². The molecule has 1 aromatic heterocycles. The van der Waals surface area contributed by atoms with Crippen LogP contribution in [0.2, 0.25) is 0 Å². The minimum absolute atomic E-state index is 0. The molecule has 0 aliphatic carbocycles. The van der Waals surface area contributed by atoms with Crippen molar-refractivity contribution in [3.8, 4) is 5.75 Å². The van der Waals surface area contributed by atoms with Crippen LogP contribution in [0.3, 0.4) is 0 Å². The molecule has 0 aliphatic heterocycles. The first kappa shape index (κ1) is 27.8. The van der Waals surface area contributed by atoms with Crippen LogP contribution in [0.4, 0.5) is 5.69 Å². The lowest BCUT2D eigenvalue weighted by Crippen LogP contribution is -2.26. The highest BCUT2D eigenvalue weighted by molar-refractivity contribution is 7.92. The topological polar surface area (TPSA) is 103 Å². The lowest BCUT2D eigenvalue weighted by atomic mass is 9.86. The van der Waals surface area contributed by atoms with Crippen LogP contribution in [0.15, 0.2) is 60.7 Å². The minimum Gasteiger partial charge on any atom is -0.492 e. The summed E-state index contributed by atoms with van der Waals surface area (Å²) < 4.78 is 31.1. The van der Waals surface area contributed by atoms with E-state index in [1.165, 1.54) is 16.3 Å². The van der Waals surface area contributed by atoms with E-state index in [9.17, 15) is 13.5 Å². The van der Waals surface area contributed by atoms with Gasteiger partial charge in [0, 0.05) is 41.1 Å². The van der Waals surface area contributed by atoms with E-state index in [0.717, 1.165) is 23.0 Å². The van der Waals surface area contributed by atoms with E-state index in [-0.39, 0.29) is 17.8 Å². The summed E-state index contributed by atoms with van der Waals surface area (Å²) in [7, 11) is -3.37. The van der Waals surface area contributed by atoms with Gasteiger partial charge in [-0.25, -0.2) is 8.42 Å². The molecule has 0 fully saturated rings. The average molecular weight is 532 g/mol. The van der Waals surface area contributed by atoms with E-state index in [0.29, 0.717) is 30.9 Å². The molecule has 4 aromatic rings. The first-order chi connectivity index (χ1) is 16.5. The van der Waals surface area contributed by atoms with E-state index in [2.05, 4.69) is 60.1 Å². The van der Waals surface area contributed by atoms with Crippen LogP contribution in [0.5, 0.6) is 5.75 Å². The summed E-state index contributed by atoms with van der Waals surface area (Å²) in [4.78, 5) is 3.51. The molecule has 0 saturated heterocycles. The van der Waals surface area contributed by atoms with E-state index in [1.807, 2.05) is 12.1 Å². The van der Waals surface area contributed by atoms with Crippen molar-refractivity contribution in [2.45, 2.75) is 32.3 Å². The van der Waals surface area contributed by atoms with Crippen LogP contribution in [0, 0.1) is 0 Å². The summed E-state index contributed by atoms with van der Waals surface area (Å²) in [5.74, 6) is 0.780. The molecule has 0 radical (unpaired) electrons. The highest BCUT2D eigenvalue weighted by Crippen LogP contribution is 2.32. The van der Waals surface area contributed by atoms with Crippen molar-refractivity contribution in [1.29, 1.82) is 0 Å². The molecule has 0 amide bonds. The Morgan fingerprint density at radius 2 is 1.69 bits per heavy atom. The normalized spacial score (nSPS) is 12.9. The van der Waals surface area contributed by atoms with Gasteiger partial charge >= 0.3 is 0 Å². The van der Waals surface area contributed by atoms with Crippen LogP contribution >= 0.6 is 12.4 Å². The summed E-state index contributed by atoms with van der Waals surface area (Å²) in [5, 5.41) is 16.0. The number of aliphatic hydroxyl groups excluding tert-OH is 1. The first-order valence-electron chi connectivity index (χ1n) is 11.6. The van der Waals surface area contributed by atoms with Crippen molar-refractivity contribution in [1.82, 2.24) is 10.3 Å². The van der Waals surface area contributed by atoms with Crippen molar-refractivity contribution >= 4 is 49.9 Å². The standard InChI is InChI=1S/C27H33N3O4S.ClH/c1-27(2,3)19-8-10-22-23-11-9-21(16-25(23)29-24(22)15-19)34-13-12-28-17-26(31)18-6-5-7-20(14-18)30-35(4,32)33;/h5-11,14-16,26,28-31H,12-13,17H2,1-4H3;1H/t26-;/m0./s1. The Hall–Kier alpha value is -2.78. The monoisotopic (exact) mass is 531 g/mol. The zero-order valence-electron chi connectivity index (χ0n) is 21.0. The number of fused-ring (bicyclic) bond motifs is 3. The zero-order valence-corrected chi connectivity index (χ0v) is 22.6. The summed E-state index contributed by atoms with van der Waals surface area (Å²) in [6, 6.07) is 19.4. The molecule has 0 spiro atoms. The predicted molar refractivity (Wildman–Crippen MR) is 150 cm³/mol. The Kier molecular flexibility index (Phi) is 8.56. The Balaban J connectivity index is 0.00000361. The fourth-order valence-corrected chi connectivity index (χ4v) is 4.62. The molecule has 0 aliphatic rings. The Morgan fingerprint density at radius 3 is 2.39 bits per heavy atom. The van der Waals surface area contributed by atoms with Crippen molar-refractivity contribution in [3.63, 3.8) is 0 Å². The fraction of sp³-hybridized carbons (Fsp3) is 0.333. The lowest BCUT2D eigenvalue weighted by molar-refractivity contribution is 0.172. The van der Waals surface area contributed by atoms with E-state index >= 15 is 0 Å². The number of rotatable bonds is 9. The summed E-state index contributed by atoms with van der Waals surface area (Å²) in [5.41, 5.74) is 4.60. The predicted octanol–water partition coefficient (Wildman–Crippen LogP) is 5.11. The van der Waals surface area contributed by atoms with Gasteiger partial charge in [0.15, 0.2) is 0 Å². The highest BCUT2D eigenvalue weighted by Gasteiger charge is 2.15. The molecule has 194 valence electrons.